The first-order chi connectivity index (χ1) is 15.8. The number of nitrogens with zero attached hydrogens (tertiary/aromatic N) is 1. The standard InChI is InChI=1S/C26H27F3N2OS/c1-18-10-13-33-24(18)17-31-11-8-20(9-12-31)21-5-2-4-19(14-21)16-30-25(32)22-6-3-7-23(15-22)26(27,28)29/h2-7,10,13-15,20H,8-9,11-12,16-17H2,1H3,(H,30,32). The number of likely N-dealkylation sites (tertiary alicyclic amines) is 1. The van der Waals surface area contributed by atoms with Gasteiger partial charge < -0.3 is 5.32 Å². The quantitative estimate of drug-likeness (QED) is 0.451. The number of rotatable bonds is 6. The van der Waals surface area contributed by atoms with E-state index in [9.17, 15) is 18.0 Å². The highest BCUT2D eigenvalue weighted by Gasteiger charge is 2.30. The van der Waals surface area contributed by atoms with Crippen molar-refractivity contribution in [3.63, 3.8) is 0 Å². The molecule has 1 fully saturated rings. The highest BCUT2D eigenvalue weighted by Crippen LogP contribution is 2.31. The fraction of sp³-hybridized carbons (Fsp3) is 0.346. The van der Waals surface area contributed by atoms with Crippen LogP contribution in [0.5, 0.6) is 0 Å². The van der Waals surface area contributed by atoms with Crippen LogP contribution in [-0.4, -0.2) is 23.9 Å². The van der Waals surface area contributed by atoms with E-state index in [1.54, 1.807) is 0 Å². The van der Waals surface area contributed by atoms with Crippen LogP contribution in [0.4, 0.5) is 13.2 Å². The number of thiophene rings is 1. The van der Waals surface area contributed by atoms with E-state index < -0.39 is 17.6 Å². The highest BCUT2D eigenvalue weighted by molar-refractivity contribution is 7.10. The fourth-order valence-electron chi connectivity index (χ4n) is 4.27. The van der Waals surface area contributed by atoms with Gasteiger partial charge in [0.2, 0.25) is 0 Å². The lowest BCUT2D eigenvalue weighted by Gasteiger charge is -2.32. The van der Waals surface area contributed by atoms with E-state index in [-0.39, 0.29) is 12.1 Å². The normalized spacial score (nSPS) is 15.5. The summed E-state index contributed by atoms with van der Waals surface area (Å²) in [5.41, 5.74) is 2.76. The zero-order valence-electron chi connectivity index (χ0n) is 18.5. The fourth-order valence-corrected chi connectivity index (χ4v) is 5.22. The Morgan fingerprint density at radius 1 is 1.09 bits per heavy atom. The molecular formula is C26H27F3N2OS. The second-order valence-corrected chi connectivity index (χ2v) is 9.58. The third-order valence-electron chi connectivity index (χ3n) is 6.25. The summed E-state index contributed by atoms with van der Waals surface area (Å²) in [6, 6.07) is 14.8. The van der Waals surface area contributed by atoms with E-state index in [0.717, 1.165) is 50.2 Å². The van der Waals surface area contributed by atoms with Crippen molar-refractivity contribution < 1.29 is 18.0 Å². The molecule has 0 spiro atoms. The number of hydrogen-bond acceptors (Lipinski definition) is 3. The molecule has 3 nitrogen and oxygen atoms in total. The van der Waals surface area contributed by atoms with Crippen molar-refractivity contribution in [1.82, 2.24) is 10.2 Å². The number of carbonyl (C=O) groups is 1. The van der Waals surface area contributed by atoms with Gasteiger partial charge in [-0.3, -0.25) is 9.69 Å². The van der Waals surface area contributed by atoms with Gasteiger partial charge in [-0.15, -0.1) is 11.3 Å². The second kappa shape index (κ2) is 10.1. The van der Waals surface area contributed by atoms with Crippen LogP contribution in [0.15, 0.2) is 60.0 Å². The molecule has 0 unspecified atom stereocenters. The van der Waals surface area contributed by atoms with Crippen molar-refractivity contribution in [2.24, 2.45) is 0 Å². The van der Waals surface area contributed by atoms with E-state index in [2.05, 4.69) is 40.7 Å². The lowest BCUT2D eigenvalue weighted by atomic mass is 9.88. The second-order valence-electron chi connectivity index (χ2n) is 8.58. The molecule has 1 saturated heterocycles. The minimum atomic E-state index is -4.47. The van der Waals surface area contributed by atoms with Crippen LogP contribution < -0.4 is 5.32 Å². The minimum Gasteiger partial charge on any atom is -0.348 e. The Morgan fingerprint density at radius 2 is 1.85 bits per heavy atom. The number of carbonyl (C=O) groups excluding carboxylic acids is 1. The van der Waals surface area contributed by atoms with Crippen LogP contribution in [0.2, 0.25) is 0 Å². The number of aryl methyl sites for hydroxylation is 1. The Labute approximate surface area is 196 Å². The summed E-state index contributed by atoms with van der Waals surface area (Å²) in [5, 5.41) is 4.90. The van der Waals surface area contributed by atoms with Gasteiger partial charge in [0.05, 0.1) is 5.56 Å². The molecule has 4 rings (SSSR count). The molecule has 2 heterocycles. The number of hydrogen-bond donors (Lipinski definition) is 1. The Morgan fingerprint density at radius 3 is 2.55 bits per heavy atom. The molecule has 0 radical (unpaired) electrons. The summed E-state index contributed by atoms with van der Waals surface area (Å²) in [5.74, 6) is -0.0338. The van der Waals surface area contributed by atoms with Crippen molar-refractivity contribution in [2.45, 2.75) is 44.9 Å². The van der Waals surface area contributed by atoms with Crippen molar-refractivity contribution in [1.29, 1.82) is 0 Å². The summed E-state index contributed by atoms with van der Waals surface area (Å²) < 4.78 is 38.7. The van der Waals surface area contributed by atoms with E-state index in [4.69, 9.17) is 0 Å². The van der Waals surface area contributed by atoms with Crippen molar-refractivity contribution in [2.75, 3.05) is 13.1 Å². The summed E-state index contributed by atoms with van der Waals surface area (Å²) in [6.07, 6.45) is -2.29. The molecule has 1 aliphatic heterocycles. The van der Waals surface area contributed by atoms with E-state index in [0.29, 0.717) is 5.92 Å². The van der Waals surface area contributed by atoms with Gasteiger partial charge in [0.25, 0.3) is 5.91 Å². The van der Waals surface area contributed by atoms with Gasteiger partial charge in [0, 0.05) is 23.5 Å². The van der Waals surface area contributed by atoms with Crippen LogP contribution >= 0.6 is 11.3 Å². The maximum atomic E-state index is 12.9. The molecule has 174 valence electrons. The van der Waals surface area contributed by atoms with Gasteiger partial charge in [0.1, 0.15) is 0 Å². The summed E-state index contributed by atoms with van der Waals surface area (Å²) in [6.45, 7) is 5.56. The molecule has 1 amide bonds. The lowest BCUT2D eigenvalue weighted by molar-refractivity contribution is -0.137. The molecule has 0 aliphatic carbocycles. The molecule has 0 saturated carbocycles. The molecule has 3 aromatic rings. The molecular weight excluding hydrogens is 445 g/mol. The number of piperidine rings is 1. The topological polar surface area (TPSA) is 32.3 Å². The van der Waals surface area contributed by atoms with Crippen LogP contribution in [0.3, 0.4) is 0 Å². The summed E-state index contributed by atoms with van der Waals surface area (Å²) in [7, 11) is 0. The van der Waals surface area contributed by atoms with Gasteiger partial charge >= 0.3 is 6.18 Å². The number of nitrogens with one attached hydrogen (secondary N) is 1. The lowest BCUT2D eigenvalue weighted by Crippen LogP contribution is -2.32. The predicted molar refractivity (Wildman–Crippen MR) is 125 cm³/mol. The number of benzene rings is 2. The highest BCUT2D eigenvalue weighted by atomic mass is 32.1. The molecule has 0 atom stereocenters. The molecule has 2 aromatic carbocycles. The summed E-state index contributed by atoms with van der Waals surface area (Å²) in [4.78, 5) is 16.3. The Hall–Kier alpha value is -2.64. The van der Waals surface area contributed by atoms with E-state index in [1.807, 2.05) is 23.5 Å². The van der Waals surface area contributed by atoms with Crippen LogP contribution in [0, 0.1) is 6.92 Å². The first kappa shape index (κ1) is 23.5. The SMILES string of the molecule is Cc1ccsc1CN1CCC(c2cccc(CNC(=O)c3cccc(C(F)(F)F)c3)c2)CC1. The van der Waals surface area contributed by atoms with Gasteiger partial charge in [-0.1, -0.05) is 30.3 Å². The van der Waals surface area contributed by atoms with E-state index in [1.165, 1.54) is 28.1 Å². The van der Waals surface area contributed by atoms with Gasteiger partial charge in [-0.2, -0.15) is 13.2 Å². The molecule has 1 N–H and O–H groups in total. The van der Waals surface area contributed by atoms with Crippen LogP contribution in [0.1, 0.15) is 56.2 Å². The maximum absolute atomic E-state index is 12.9. The molecule has 33 heavy (non-hydrogen) atoms. The van der Waals surface area contributed by atoms with Crippen molar-refractivity contribution >= 4 is 17.2 Å². The van der Waals surface area contributed by atoms with Crippen molar-refractivity contribution in [3.8, 4) is 0 Å². The van der Waals surface area contributed by atoms with Gasteiger partial charge in [-0.25, -0.2) is 0 Å². The van der Waals surface area contributed by atoms with Gasteiger partial charge in [-0.05, 0) is 85.1 Å². The number of halogens is 3. The molecule has 1 aliphatic rings. The molecule has 0 bridgehead atoms. The number of amides is 1. The zero-order valence-corrected chi connectivity index (χ0v) is 19.3. The average Bonchev–Trinajstić information content (AvgIpc) is 3.22. The van der Waals surface area contributed by atoms with Gasteiger partial charge in [0.15, 0.2) is 0 Å². The molecule has 1 aromatic heterocycles. The van der Waals surface area contributed by atoms with E-state index >= 15 is 0 Å². The maximum Gasteiger partial charge on any atom is 0.416 e. The van der Waals surface area contributed by atoms with Crippen LogP contribution in [-0.2, 0) is 19.3 Å². The Bertz CT molecular complexity index is 1100. The first-order valence-corrected chi connectivity index (χ1v) is 12.0. The zero-order chi connectivity index (χ0) is 23.4. The molecule has 7 heteroatoms. The summed E-state index contributed by atoms with van der Waals surface area (Å²) >= 11 is 1.82. The largest absolute Gasteiger partial charge is 0.416 e. The minimum absolute atomic E-state index is 0.00864. The Kier molecular flexibility index (Phi) is 7.20. The third kappa shape index (κ3) is 6.03. The predicted octanol–water partition coefficient (Wildman–Crippen LogP) is 6.38. The monoisotopic (exact) mass is 472 g/mol. The first-order valence-electron chi connectivity index (χ1n) is 11.1. The van der Waals surface area contributed by atoms with Crippen LogP contribution in [0.25, 0.3) is 0 Å². The van der Waals surface area contributed by atoms with Crippen molar-refractivity contribution in [3.05, 3.63) is 92.7 Å². The number of alkyl halides is 3. The smallest absolute Gasteiger partial charge is 0.348 e. The Balaban J connectivity index is 1.32. The average molecular weight is 473 g/mol. The third-order valence-corrected chi connectivity index (χ3v) is 7.26.